The van der Waals surface area contributed by atoms with Crippen molar-refractivity contribution in [3.05, 3.63) is 82.9 Å². The number of benzene rings is 3. The highest BCUT2D eigenvalue weighted by Crippen LogP contribution is 2.44. The molecule has 0 unspecified atom stereocenters. The fourth-order valence-electron chi connectivity index (χ4n) is 5.36. The molecule has 0 radical (unpaired) electrons. The highest BCUT2D eigenvalue weighted by Gasteiger charge is 2.30. The number of anilines is 1. The molecule has 182 valence electrons. The lowest BCUT2D eigenvalue weighted by atomic mass is 9.75. The normalized spacial score (nSPS) is 14.7. The van der Waals surface area contributed by atoms with Crippen molar-refractivity contribution < 1.29 is 19.6 Å². The Hall–Kier alpha value is -3.73. The van der Waals surface area contributed by atoms with Crippen molar-refractivity contribution in [2.24, 2.45) is 0 Å². The van der Waals surface area contributed by atoms with Gasteiger partial charge in [0.25, 0.3) is 0 Å². The molecule has 1 aliphatic heterocycles. The van der Waals surface area contributed by atoms with Gasteiger partial charge in [-0.3, -0.25) is 0 Å². The molecule has 1 aliphatic carbocycles. The average Bonchev–Trinajstić information content (AvgIpc) is 3.22. The van der Waals surface area contributed by atoms with Crippen molar-refractivity contribution in [1.29, 1.82) is 0 Å². The van der Waals surface area contributed by atoms with Crippen molar-refractivity contribution in [2.45, 2.75) is 19.3 Å². The zero-order valence-corrected chi connectivity index (χ0v) is 20.4. The molecule has 1 amide bonds. The van der Waals surface area contributed by atoms with Crippen LogP contribution in [0.4, 0.5) is 10.5 Å². The van der Waals surface area contributed by atoms with Crippen LogP contribution in [0.15, 0.2) is 60.7 Å². The van der Waals surface area contributed by atoms with E-state index in [0.717, 1.165) is 16.8 Å². The first-order valence-corrected chi connectivity index (χ1v) is 12.3. The maximum Gasteiger partial charge on any atom is 0.488 e. The molecular formula is C29H29BN2O4. The Morgan fingerprint density at radius 3 is 2.22 bits per heavy atom. The molecule has 6 nitrogen and oxygen atoms in total. The molecule has 1 saturated heterocycles. The summed E-state index contributed by atoms with van der Waals surface area (Å²) in [6, 6.07) is 20.4. The molecule has 1 fully saturated rings. The zero-order chi connectivity index (χ0) is 25.2. The third kappa shape index (κ3) is 4.46. The van der Waals surface area contributed by atoms with Gasteiger partial charge in [0, 0.05) is 44.2 Å². The molecule has 2 N–H and O–H groups in total. The smallest absolute Gasteiger partial charge is 0.448 e. The minimum atomic E-state index is -1.57. The van der Waals surface area contributed by atoms with Crippen LogP contribution in [-0.4, -0.2) is 60.9 Å². The number of hydrogen-bond donors (Lipinski definition) is 2. The summed E-state index contributed by atoms with van der Waals surface area (Å²) < 4.78 is 5.82. The standard InChI is InChI=1S/C29H29BN2O4/c1-3-8-21-17-22(18-28(20(21)2)30(34)35)31-13-15-32(16-14-31)29(33)36-19-27-25-11-6-4-9-23(25)24-10-5-7-12-26(24)27/h1,4-7,9-12,17-18,27,34-35H,8,13-16,19H2,2H3. The van der Waals surface area contributed by atoms with E-state index in [-0.39, 0.29) is 12.0 Å². The van der Waals surface area contributed by atoms with Crippen molar-refractivity contribution >= 4 is 24.4 Å². The van der Waals surface area contributed by atoms with Gasteiger partial charge in [0.2, 0.25) is 0 Å². The highest BCUT2D eigenvalue weighted by molar-refractivity contribution is 6.59. The Bertz CT molecular complexity index is 1280. The lowest BCUT2D eigenvalue weighted by Gasteiger charge is -2.36. The van der Waals surface area contributed by atoms with E-state index in [4.69, 9.17) is 11.2 Å². The number of amides is 1. The van der Waals surface area contributed by atoms with Crippen LogP contribution in [0.2, 0.25) is 0 Å². The van der Waals surface area contributed by atoms with E-state index < -0.39 is 7.12 Å². The van der Waals surface area contributed by atoms with Crippen LogP contribution in [0.1, 0.15) is 28.2 Å². The zero-order valence-electron chi connectivity index (χ0n) is 20.4. The lowest BCUT2D eigenvalue weighted by molar-refractivity contribution is 0.0977. The molecular weight excluding hydrogens is 451 g/mol. The predicted octanol–water partition coefficient (Wildman–Crippen LogP) is 2.92. The maximum atomic E-state index is 12.9. The molecule has 0 spiro atoms. The first kappa shape index (κ1) is 24.0. The van der Waals surface area contributed by atoms with Gasteiger partial charge in [0.15, 0.2) is 0 Å². The third-order valence-corrected chi connectivity index (χ3v) is 7.35. The van der Waals surface area contributed by atoms with E-state index >= 15 is 0 Å². The lowest BCUT2D eigenvalue weighted by Crippen LogP contribution is -2.49. The second kappa shape index (κ2) is 10.1. The molecule has 5 rings (SSSR count). The Morgan fingerprint density at radius 1 is 1.03 bits per heavy atom. The Balaban J connectivity index is 1.23. The molecule has 36 heavy (non-hydrogen) atoms. The van der Waals surface area contributed by atoms with E-state index in [9.17, 15) is 14.8 Å². The topological polar surface area (TPSA) is 73.2 Å². The van der Waals surface area contributed by atoms with Gasteiger partial charge < -0.3 is 24.6 Å². The van der Waals surface area contributed by atoms with Crippen molar-refractivity contribution in [3.63, 3.8) is 0 Å². The van der Waals surface area contributed by atoms with Gasteiger partial charge in [-0.2, -0.15) is 0 Å². The van der Waals surface area contributed by atoms with Gasteiger partial charge in [-0.05, 0) is 57.9 Å². The Labute approximate surface area is 212 Å². The summed E-state index contributed by atoms with van der Waals surface area (Å²) >= 11 is 0. The Morgan fingerprint density at radius 2 is 1.64 bits per heavy atom. The number of nitrogens with zero attached hydrogens (tertiary/aromatic N) is 2. The molecule has 0 atom stereocenters. The van der Waals surface area contributed by atoms with Gasteiger partial charge in [0.1, 0.15) is 6.61 Å². The summed E-state index contributed by atoms with van der Waals surface area (Å²) in [5.41, 5.74) is 7.83. The van der Waals surface area contributed by atoms with Crippen LogP contribution in [0.3, 0.4) is 0 Å². The van der Waals surface area contributed by atoms with E-state index in [0.29, 0.717) is 44.7 Å². The summed E-state index contributed by atoms with van der Waals surface area (Å²) in [4.78, 5) is 16.8. The highest BCUT2D eigenvalue weighted by atomic mass is 16.6. The van der Waals surface area contributed by atoms with Crippen LogP contribution >= 0.6 is 0 Å². The second-order valence-electron chi connectivity index (χ2n) is 9.35. The average molecular weight is 480 g/mol. The molecule has 7 heteroatoms. The summed E-state index contributed by atoms with van der Waals surface area (Å²) in [7, 11) is -1.57. The molecule has 3 aromatic carbocycles. The molecule has 2 aliphatic rings. The summed E-state index contributed by atoms with van der Waals surface area (Å²) in [6.07, 6.45) is 5.63. The first-order valence-electron chi connectivity index (χ1n) is 12.3. The summed E-state index contributed by atoms with van der Waals surface area (Å²) in [6.45, 7) is 4.42. The van der Waals surface area contributed by atoms with Crippen molar-refractivity contribution in [1.82, 2.24) is 4.90 Å². The van der Waals surface area contributed by atoms with E-state index in [1.54, 1.807) is 11.0 Å². The van der Waals surface area contributed by atoms with E-state index in [2.05, 4.69) is 35.1 Å². The fourth-order valence-corrected chi connectivity index (χ4v) is 5.36. The third-order valence-electron chi connectivity index (χ3n) is 7.35. The van der Waals surface area contributed by atoms with E-state index in [1.165, 1.54) is 22.3 Å². The molecule has 3 aromatic rings. The van der Waals surface area contributed by atoms with Crippen LogP contribution in [-0.2, 0) is 11.2 Å². The number of piperazine rings is 1. The molecule has 0 aromatic heterocycles. The fraction of sp³-hybridized carbons (Fsp3) is 0.276. The summed E-state index contributed by atoms with van der Waals surface area (Å²) in [5.74, 6) is 2.68. The summed E-state index contributed by atoms with van der Waals surface area (Å²) in [5, 5.41) is 19.6. The SMILES string of the molecule is C#CCc1cc(N2CCN(C(=O)OCC3c4ccccc4-c4ccccc43)CC2)cc(B(O)O)c1C. The number of carbonyl (C=O) groups is 1. The van der Waals surface area contributed by atoms with Crippen molar-refractivity contribution in [3.8, 4) is 23.5 Å². The number of hydrogen-bond acceptors (Lipinski definition) is 5. The van der Waals surface area contributed by atoms with Crippen LogP contribution in [0.25, 0.3) is 11.1 Å². The maximum absolute atomic E-state index is 12.9. The van der Waals surface area contributed by atoms with Gasteiger partial charge in [0.05, 0.1) is 0 Å². The van der Waals surface area contributed by atoms with Gasteiger partial charge >= 0.3 is 13.2 Å². The van der Waals surface area contributed by atoms with Gasteiger partial charge in [-0.1, -0.05) is 48.5 Å². The van der Waals surface area contributed by atoms with Crippen LogP contribution in [0, 0.1) is 19.3 Å². The van der Waals surface area contributed by atoms with Gasteiger partial charge in [-0.15, -0.1) is 12.3 Å². The Kier molecular flexibility index (Phi) is 6.73. The largest absolute Gasteiger partial charge is 0.488 e. The molecule has 1 heterocycles. The monoisotopic (exact) mass is 480 g/mol. The number of rotatable bonds is 5. The van der Waals surface area contributed by atoms with Crippen LogP contribution < -0.4 is 10.4 Å². The minimum Gasteiger partial charge on any atom is -0.448 e. The second-order valence-corrected chi connectivity index (χ2v) is 9.35. The van der Waals surface area contributed by atoms with E-state index in [1.807, 2.05) is 37.3 Å². The number of carbonyl (C=O) groups excluding carboxylic acids is 1. The van der Waals surface area contributed by atoms with Gasteiger partial charge in [-0.25, -0.2) is 4.79 Å². The molecule has 0 bridgehead atoms. The number of fused-ring (bicyclic) bond motifs is 3. The molecule has 0 saturated carbocycles. The quantitative estimate of drug-likeness (QED) is 0.434. The van der Waals surface area contributed by atoms with Crippen LogP contribution in [0.5, 0.6) is 0 Å². The minimum absolute atomic E-state index is 0.0353. The first-order chi connectivity index (χ1) is 17.5. The number of terminal acetylenes is 1. The van der Waals surface area contributed by atoms with Crippen molar-refractivity contribution in [2.75, 3.05) is 37.7 Å². The number of ether oxygens (including phenoxy) is 1. The predicted molar refractivity (Wildman–Crippen MR) is 142 cm³/mol.